The zero-order chi connectivity index (χ0) is 11.9. The lowest BCUT2D eigenvalue weighted by Gasteiger charge is -2.26. The van der Waals surface area contributed by atoms with Crippen LogP contribution in [0.2, 0.25) is 0 Å². The van der Waals surface area contributed by atoms with Gasteiger partial charge in [0.15, 0.2) is 0 Å². The predicted octanol–water partition coefficient (Wildman–Crippen LogP) is 0.773. The summed E-state index contributed by atoms with van der Waals surface area (Å²) in [6.45, 7) is 7.30. The third-order valence-corrected chi connectivity index (χ3v) is 2.54. The van der Waals surface area contributed by atoms with Gasteiger partial charge in [-0.25, -0.2) is 0 Å². The Hall–Kier alpha value is -0.610. The number of methoxy groups -OCH3 is 1. The molecule has 0 heterocycles. The van der Waals surface area contributed by atoms with E-state index in [1.165, 1.54) is 0 Å². The molecule has 0 aliphatic carbocycles. The molecular formula is C11H24N2O2. The Morgan fingerprint density at radius 1 is 1.47 bits per heavy atom. The summed E-state index contributed by atoms with van der Waals surface area (Å²) in [5.41, 5.74) is -0.379. The molecule has 2 N–H and O–H groups in total. The molecule has 1 amide bonds. The summed E-state index contributed by atoms with van der Waals surface area (Å²) < 4.78 is 5.08. The van der Waals surface area contributed by atoms with Crippen LogP contribution in [0, 0.1) is 5.41 Å². The number of nitrogens with one attached hydrogen (secondary N) is 2. The molecule has 1 atom stereocenters. The molecule has 0 aliphatic rings. The van der Waals surface area contributed by atoms with Gasteiger partial charge in [0.05, 0.1) is 12.0 Å². The van der Waals surface area contributed by atoms with Crippen molar-refractivity contribution in [3.8, 4) is 0 Å². The molecule has 4 heteroatoms. The summed E-state index contributed by atoms with van der Waals surface area (Å²) in [6.07, 6.45) is 0.998. The van der Waals surface area contributed by atoms with E-state index in [0.29, 0.717) is 19.2 Å². The molecule has 15 heavy (non-hydrogen) atoms. The van der Waals surface area contributed by atoms with Crippen LogP contribution in [-0.4, -0.2) is 39.3 Å². The van der Waals surface area contributed by atoms with Crippen molar-refractivity contribution in [1.82, 2.24) is 10.6 Å². The van der Waals surface area contributed by atoms with E-state index in [9.17, 15) is 4.79 Å². The quantitative estimate of drug-likeness (QED) is 0.661. The van der Waals surface area contributed by atoms with Gasteiger partial charge in [-0.2, -0.15) is 0 Å². The van der Waals surface area contributed by atoms with Crippen molar-refractivity contribution in [3.05, 3.63) is 0 Å². The number of ether oxygens (including phenoxy) is 1. The molecule has 0 saturated heterocycles. The van der Waals surface area contributed by atoms with E-state index in [-0.39, 0.29) is 11.3 Å². The van der Waals surface area contributed by atoms with Crippen molar-refractivity contribution in [1.29, 1.82) is 0 Å². The maximum atomic E-state index is 11.5. The van der Waals surface area contributed by atoms with Crippen LogP contribution < -0.4 is 10.6 Å². The zero-order valence-corrected chi connectivity index (χ0v) is 10.5. The normalized spacial score (nSPS) is 13.7. The molecule has 0 radical (unpaired) electrons. The van der Waals surface area contributed by atoms with E-state index in [2.05, 4.69) is 17.6 Å². The zero-order valence-electron chi connectivity index (χ0n) is 10.5. The van der Waals surface area contributed by atoms with Crippen LogP contribution >= 0.6 is 0 Å². The third-order valence-electron chi connectivity index (χ3n) is 2.54. The molecule has 0 spiro atoms. The summed E-state index contributed by atoms with van der Waals surface area (Å²) >= 11 is 0. The van der Waals surface area contributed by atoms with Crippen LogP contribution in [-0.2, 0) is 9.53 Å². The summed E-state index contributed by atoms with van der Waals surface area (Å²) in [5.74, 6) is 0.0577. The Balaban J connectivity index is 4.05. The standard InChI is InChI=1S/C11H24N2O2/c1-6-9(7-15-5)13-8-11(2,3)10(14)12-4/h9,13H,6-8H2,1-5H3,(H,12,14). The van der Waals surface area contributed by atoms with Crippen LogP contribution in [0.4, 0.5) is 0 Å². The second-order valence-electron chi connectivity index (χ2n) is 4.40. The second-order valence-corrected chi connectivity index (χ2v) is 4.40. The Kier molecular flexibility index (Phi) is 6.52. The third kappa shape index (κ3) is 5.14. The summed E-state index contributed by atoms with van der Waals surface area (Å²) in [4.78, 5) is 11.5. The SMILES string of the molecule is CCC(COC)NCC(C)(C)C(=O)NC. The number of hydrogen-bond donors (Lipinski definition) is 2. The number of carbonyl (C=O) groups is 1. The fraction of sp³-hybridized carbons (Fsp3) is 0.909. The highest BCUT2D eigenvalue weighted by Gasteiger charge is 2.26. The smallest absolute Gasteiger partial charge is 0.226 e. The van der Waals surface area contributed by atoms with Crippen molar-refractivity contribution in [2.45, 2.75) is 33.2 Å². The van der Waals surface area contributed by atoms with Crippen LogP contribution in [0.3, 0.4) is 0 Å². The van der Waals surface area contributed by atoms with Gasteiger partial charge < -0.3 is 15.4 Å². The van der Waals surface area contributed by atoms with Crippen molar-refractivity contribution >= 4 is 5.91 Å². The fourth-order valence-corrected chi connectivity index (χ4v) is 1.34. The van der Waals surface area contributed by atoms with Crippen molar-refractivity contribution in [3.63, 3.8) is 0 Å². The lowest BCUT2D eigenvalue weighted by atomic mass is 9.92. The van der Waals surface area contributed by atoms with Gasteiger partial charge in [0.2, 0.25) is 5.91 Å². The number of rotatable bonds is 7. The van der Waals surface area contributed by atoms with Gasteiger partial charge in [-0.1, -0.05) is 6.92 Å². The first-order valence-corrected chi connectivity index (χ1v) is 5.42. The first-order valence-electron chi connectivity index (χ1n) is 5.42. The van der Waals surface area contributed by atoms with Gasteiger partial charge >= 0.3 is 0 Å². The molecule has 0 rings (SSSR count). The highest BCUT2D eigenvalue weighted by Crippen LogP contribution is 2.13. The first kappa shape index (κ1) is 14.4. The molecule has 0 bridgehead atoms. The first-order chi connectivity index (χ1) is 6.97. The highest BCUT2D eigenvalue weighted by atomic mass is 16.5. The van der Waals surface area contributed by atoms with Gasteiger partial charge in [0, 0.05) is 26.7 Å². The Labute approximate surface area is 92.8 Å². The molecule has 90 valence electrons. The number of carbonyl (C=O) groups excluding carboxylic acids is 1. The lowest BCUT2D eigenvalue weighted by Crippen LogP contribution is -2.46. The van der Waals surface area contributed by atoms with E-state index < -0.39 is 0 Å². The Morgan fingerprint density at radius 3 is 2.47 bits per heavy atom. The Bertz CT molecular complexity index is 193. The predicted molar refractivity (Wildman–Crippen MR) is 61.8 cm³/mol. The summed E-state index contributed by atoms with van der Waals surface area (Å²) in [5, 5.41) is 6.01. The molecule has 0 aromatic heterocycles. The minimum atomic E-state index is -0.379. The van der Waals surface area contributed by atoms with Crippen LogP contribution in [0.1, 0.15) is 27.2 Å². The molecule has 1 unspecified atom stereocenters. The van der Waals surface area contributed by atoms with Crippen molar-refractivity contribution < 1.29 is 9.53 Å². The molecule has 0 aromatic rings. The fourth-order valence-electron chi connectivity index (χ4n) is 1.34. The lowest BCUT2D eigenvalue weighted by molar-refractivity contribution is -0.128. The van der Waals surface area contributed by atoms with E-state index in [4.69, 9.17) is 4.74 Å². The van der Waals surface area contributed by atoms with Gasteiger partial charge in [-0.05, 0) is 20.3 Å². The van der Waals surface area contributed by atoms with Gasteiger partial charge in [-0.15, -0.1) is 0 Å². The average Bonchev–Trinajstić information content (AvgIpc) is 2.22. The maximum absolute atomic E-state index is 11.5. The summed E-state index contributed by atoms with van der Waals surface area (Å²) in [7, 11) is 3.35. The minimum Gasteiger partial charge on any atom is -0.383 e. The van der Waals surface area contributed by atoms with E-state index >= 15 is 0 Å². The van der Waals surface area contributed by atoms with Gasteiger partial charge in [0.25, 0.3) is 0 Å². The van der Waals surface area contributed by atoms with E-state index in [1.54, 1.807) is 14.2 Å². The largest absolute Gasteiger partial charge is 0.383 e. The molecule has 4 nitrogen and oxygen atoms in total. The molecule has 0 fully saturated rings. The van der Waals surface area contributed by atoms with Crippen molar-refractivity contribution in [2.24, 2.45) is 5.41 Å². The van der Waals surface area contributed by atoms with Gasteiger partial charge in [-0.3, -0.25) is 4.79 Å². The van der Waals surface area contributed by atoms with E-state index in [0.717, 1.165) is 6.42 Å². The van der Waals surface area contributed by atoms with Crippen LogP contribution in [0.5, 0.6) is 0 Å². The van der Waals surface area contributed by atoms with Crippen LogP contribution in [0.25, 0.3) is 0 Å². The molecule has 0 aromatic carbocycles. The maximum Gasteiger partial charge on any atom is 0.226 e. The number of amides is 1. The summed E-state index contributed by atoms with van der Waals surface area (Å²) in [6, 6.07) is 0.318. The minimum absolute atomic E-state index is 0.0577. The Morgan fingerprint density at radius 2 is 2.07 bits per heavy atom. The topological polar surface area (TPSA) is 50.4 Å². The van der Waals surface area contributed by atoms with Crippen LogP contribution in [0.15, 0.2) is 0 Å². The molecule has 0 saturated carbocycles. The van der Waals surface area contributed by atoms with Gasteiger partial charge in [0.1, 0.15) is 0 Å². The monoisotopic (exact) mass is 216 g/mol. The van der Waals surface area contributed by atoms with Crippen molar-refractivity contribution in [2.75, 3.05) is 27.3 Å². The molecular weight excluding hydrogens is 192 g/mol. The van der Waals surface area contributed by atoms with E-state index in [1.807, 2.05) is 13.8 Å². The highest BCUT2D eigenvalue weighted by molar-refractivity contribution is 5.81. The molecule has 0 aliphatic heterocycles. The average molecular weight is 216 g/mol. The number of hydrogen-bond acceptors (Lipinski definition) is 3. The second kappa shape index (κ2) is 6.80.